The lowest BCUT2D eigenvalue weighted by Gasteiger charge is -2.07. The second-order valence-electron chi connectivity index (χ2n) is 3.92. The number of fused-ring (bicyclic) bond motifs is 1. The minimum atomic E-state index is -1.02. The molecular formula is C14H13NO4S. The number of rotatable bonds is 5. The summed E-state index contributed by atoms with van der Waals surface area (Å²) in [5, 5.41) is 11.1. The van der Waals surface area contributed by atoms with Gasteiger partial charge in [-0.15, -0.1) is 0 Å². The van der Waals surface area contributed by atoms with Gasteiger partial charge in [0, 0.05) is 17.0 Å². The van der Waals surface area contributed by atoms with E-state index in [-0.39, 0.29) is 17.3 Å². The molecule has 0 saturated carbocycles. The second kappa shape index (κ2) is 6.38. The van der Waals surface area contributed by atoms with Gasteiger partial charge in [0.1, 0.15) is 5.03 Å². The number of thioether (sulfide) groups is 1. The molecule has 2 aromatic rings. The second-order valence-corrected chi connectivity index (χ2v) is 4.89. The number of benzene rings is 1. The van der Waals surface area contributed by atoms with E-state index < -0.39 is 5.97 Å². The third kappa shape index (κ3) is 3.08. The Bertz CT molecular complexity index is 657. The van der Waals surface area contributed by atoms with Gasteiger partial charge < -0.3 is 9.84 Å². The molecule has 20 heavy (non-hydrogen) atoms. The lowest BCUT2D eigenvalue weighted by molar-refractivity contribution is -0.139. The number of hydrogen-bond donors (Lipinski definition) is 1. The van der Waals surface area contributed by atoms with Crippen molar-refractivity contribution in [1.29, 1.82) is 0 Å². The number of carbonyl (C=O) groups excluding carboxylic acids is 1. The summed E-state index contributed by atoms with van der Waals surface area (Å²) < 4.78 is 4.86. The maximum atomic E-state index is 11.4. The first kappa shape index (κ1) is 14.3. The van der Waals surface area contributed by atoms with Crippen LogP contribution in [0.4, 0.5) is 0 Å². The highest BCUT2D eigenvalue weighted by Gasteiger charge is 2.13. The van der Waals surface area contributed by atoms with Gasteiger partial charge in [-0.3, -0.25) is 4.79 Å². The largest absolute Gasteiger partial charge is 0.478 e. The molecule has 2 rings (SSSR count). The van der Waals surface area contributed by atoms with Gasteiger partial charge in [-0.05, 0) is 6.92 Å². The van der Waals surface area contributed by atoms with Crippen LogP contribution in [0.1, 0.15) is 17.3 Å². The number of esters is 1. The number of hydrogen-bond acceptors (Lipinski definition) is 5. The molecule has 104 valence electrons. The Kier molecular flexibility index (Phi) is 4.57. The fourth-order valence-electron chi connectivity index (χ4n) is 1.78. The Labute approximate surface area is 120 Å². The van der Waals surface area contributed by atoms with Crippen LogP contribution in [0.5, 0.6) is 0 Å². The van der Waals surface area contributed by atoms with Crippen LogP contribution in [0.3, 0.4) is 0 Å². The van der Waals surface area contributed by atoms with E-state index in [1.807, 2.05) is 6.07 Å². The summed E-state index contributed by atoms with van der Waals surface area (Å²) in [6.07, 6.45) is 1.32. The van der Waals surface area contributed by atoms with E-state index >= 15 is 0 Å². The average Bonchev–Trinajstić information content (AvgIpc) is 2.44. The molecule has 1 heterocycles. The summed E-state index contributed by atoms with van der Waals surface area (Å²) in [6.45, 7) is 2.09. The van der Waals surface area contributed by atoms with Gasteiger partial charge in [-0.2, -0.15) is 0 Å². The first-order chi connectivity index (χ1) is 9.63. The number of carboxylic acids is 1. The summed E-state index contributed by atoms with van der Waals surface area (Å²) in [6, 6.07) is 7.11. The maximum Gasteiger partial charge on any atom is 0.337 e. The average molecular weight is 291 g/mol. The quantitative estimate of drug-likeness (QED) is 0.674. The molecule has 0 aliphatic rings. The van der Waals surface area contributed by atoms with E-state index in [9.17, 15) is 9.59 Å². The monoisotopic (exact) mass is 291 g/mol. The molecule has 0 aliphatic heterocycles. The highest BCUT2D eigenvalue weighted by molar-refractivity contribution is 8.00. The first-order valence-corrected chi connectivity index (χ1v) is 7.01. The van der Waals surface area contributed by atoms with Gasteiger partial charge in [0.05, 0.1) is 17.9 Å². The summed E-state index contributed by atoms with van der Waals surface area (Å²) in [5.41, 5.74) is 0.154. The minimum absolute atomic E-state index is 0.150. The van der Waals surface area contributed by atoms with Crippen LogP contribution in [0, 0.1) is 0 Å². The number of nitrogens with zero attached hydrogens (tertiary/aromatic N) is 1. The molecule has 0 aliphatic carbocycles. The van der Waals surface area contributed by atoms with Gasteiger partial charge in [0.15, 0.2) is 0 Å². The lowest BCUT2D eigenvalue weighted by atomic mass is 10.1. The van der Waals surface area contributed by atoms with Crippen molar-refractivity contribution in [3.63, 3.8) is 0 Å². The van der Waals surface area contributed by atoms with Gasteiger partial charge in [-0.25, -0.2) is 9.78 Å². The molecule has 5 nitrogen and oxygen atoms in total. The normalized spacial score (nSPS) is 10.4. The van der Waals surface area contributed by atoms with Crippen LogP contribution in [0.15, 0.2) is 35.5 Å². The van der Waals surface area contributed by atoms with Gasteiger partial charge >= 0.3 is 11.9 Å². The lowest BCUT2D eigenvalue weighted by Crippen LogP contribution is -2.07. The van der Waals surface area contributed by atoms with E-state index in [0.717, 1.165) is 5.39 Å². The molecule has 0 atom stereocenters. The third-order valence-corrected chi connectivity index (χ3v) is 3.60. The minimum Gasteiger partial charge on any atom is -0.478 e. The summed E-state index contributed by atoms with van der Waals surface area (Å²) in [7, 11) is 0. The number of carbonyl (C=O) groups is 2. The number of aromatic carboxylic acids is 1. The first-order valence-electron chi connectivity index (χ1n) is 6.03. The molecule has 1 aromatic heterocycles. The van der Waals surface area contributed by atoms with Crippen molar-refractivity contribution in [2.24, 2.45) is 0 Å². The van der Waals surface area contributed by atoms with Crippen LogP contribution in [-0.2, 0) is 9.53 Å². The molecule has 1 aromatic carbocycles. The van der Waals surface area contributed by atoms with Crippen molar-refractivity contribution < 1.29 is 19.4 Å². The Balaban J connectivity index is 2.33. The van der Waals surface area contributed by atoms with Crippen molar-refractivity contribution in [3.8, 4) is 0 Å². The van der Waals surface area contributed by atoms with Gasteiger partial charge in [-0.1, -0.05) is 36.0 Å². The summed E-state index contributed by atoms with van der Waals surface area (Å²) in [5.74, 6) is -1.18. The van der Waals surface area contributed by atoms with E-state index in [4.69, 9.17) is 9.84 Å². The van der Waals surface area contributed by atoms with Crippen LogP contribution >= 0.6 is 11.8 Å². The predicted octanol–water partition coefficient (Wildman–Crippen LogP) is 2.59. The number of aromatic nitrogens is 1. The zero-order chi connectivity index (χ0) is 14.5. The Hall–Kier alpha value is -2.08. The fourth-order valence-corrected chi connectivity index (χ4v) is 2.58. The van der Waals surface area contributed by atoms with Crippen molar-refractivity contribution in [2.75, 3.05) is 12.4 Å². The van der Waals surface area contributed by atoms with Crippen molar-refractivity contribution >= 4 is 34.5 Å². The van der Waals surface area contributed by atoms with Crippen molar-refractivity contribution in [3.05, 3.63) is 36.0 Å². The van der Waals surface area contributed by atoms with E-state index in [0.29, 0.717) is 17.0 Å². The topological polar surface area (TPSA) is 76.5 Å². The van der Waals surface area contributed by atoms with Crippen LogP contribution in [-0.4, -0.2) is 34.4 Å². The zero-order valence-electron chi connectivity index (χ0n) is 10.8. The Morgan fingerprint density at radius 3 is 2.65 bits per heavy atom. The van der Waals surface area contributed by atoms with E-state index in [1.54, 1.807) is 25.1 Å². The zero-order valence-corrected chi connectivity index (χ0v) is 11.6. The molecule has 6 heteroatoms. The Morgan fingerprint density at radius 2 is 2.00 bits per heavy atom. The fraction of sp³-hybridized carbons (Fsp3) is 0.214. The van der Waals surface area contributed by atoms with E-state index in [2.05, 4.69) is 4.98 Å². The SMILES string of the molecule is CCOC(=O)CSc1ncc(C(=O)O)c2ccccc12. The number of carboxylic acid groups (broad SMARTS) is 1. The molecule has 1 N–H and O–H groups in total. The van der Waals surface area contributed by atoms with Gasteiger partial charge in [0.2, 0.25) is 0 Å². The number of ether oxygens (including phenoxy) is 1. The van der Waals surface area contributed by atoms with Crippen molar-refractivity contribution in [1.82, 2.24) is 4.98 Å². The van der Waals surface area contributed by atoms with Crippen LogP contribution < -0.4 is 0 Å². The molecule has 0 spiro atoms. The molecule has 0 radical (unpaired) electrons. The summed E-state index contributed by atoms with van der Waals surface area (Å²) in [4.78, 5) is 26.7. The third-order valence-electron chi connectivity index (χ3n) is 2.62. The number of pyridine rings is 1. The van der Waals surface area contributed by atoms with Crippen LogP contribution in [0.25, 0.3) is 10.8 Å². The van der Waals surface area contributed by atoms with E-state index in [1.165, 1.54) is 18.0 Å². The molecule has 0 bridgehead atoms. The molecule has 0 fully saturated rings. The highest BCUT2D eigenvalue weighted by atomic mass is 32.2. The predicted molar refractivity (Wildman–Crippen MR) is 76.1 cm³/mol. The highest BCUT2D eigenvalue weighted by Crippen LogP contribution is 2.28. The van der Waals surface area contributed by atoms with Gasteiger partial charge in [0.25, 0.3) is 0 Å². The maximum absolute atomic E-state index is 11.4. The standard InChI is InChI=1S/C14H13NO4S/c1-2-19-12(16)8-20-13-10-6-4-3-5-9(10)11(7-15-13)14(17)18/h3-7H,2,8H2,1H3,(H,17,18). The summed E-state index contributed by atoms with van der Waals surface area (Å²) >= 11 is 1.24. The van der Waals surface area contributed by atoms with Crippen molar-refractivity contribution in [2.45, 2.75) is 11.9 Å². The molecule has 0 amide bonds. The smallest absolute Gasteiger partial charge is 0.337 e. The molecular weight excluding hydrogens is 278 g/mol. The molecule has 0 saturated heterocycles. The van der Waals surface area contributed by atoms with Crippen LogP contribution in [0.2, 0.25) is 0 Å². The molecule has 0 unspecified atom stereocenters. The Morgan fingerprint density at radius 1 is 1.30 bits per heavy atom.